The van der Waals surface area contributed by atoms with Crippen molar-refractivity contribution in [1.29, 1.82) is 0 Å². The third-order valence-corrected chi connectivity index (χ3v) is 6.48. The summed E-state index contributed by atoms with van der Waals surface area (Å²) >= 11 is 7.36. The third-order valence-electron chi connectivity index (χ3n) is 4.08. The molecule has 0 aliphatic heterocycles. The van der Waals surface area contributed by atoms with Gasteiger partial charge in [0.15, 0.2) is 0 Å². The molecule has 0 radical (unpaired) electrons. The van der Waals surface area contributed by atoms with Crippen molar-refractivity contribution in [1.82, 2.24) is 10.0 Å². The number of benzene rings is 2. The summed E-state index contributed by atoms with van der Waals surface area (Å²) in [6.45, 7) is 1.79. The standard InChI is InChI=1S/C19H22ClFN2O3S2/c1-13(14-7-9-15(20)10-8-14)22-19(24)17(11-12-27-2)23-28(25,26)18-6-4-3-5-16(18)21/h3-10,13,17,23H,11-12H2,1-2H3,(H,22,24). The molecule has 2 aromatic carbocycles. The normalized spacial score (nSPS) is 13.7. The molecule has 28 heavy (non-hydrogen) atoms. The lowest BCUT2D eigenvalue weighted by atomic mass is 10.1. The molecular formula is C19H22ClFN2O3S2. The van der Waals surface area contributed by atoms with Crippen molar-refractivity contribution in [2.75, 3.05) is 12.0 Å². The first-order valence-electron chi connectivity index (χ1n) is 8.56. The van der Waals surface area contributed by atoms with E-state index >= 15 is 0 Å². The Balaban J connectivity index is 2.16. The van der Waals surface area contributed by atoms with Crippen LogP contribution in [0.1, 0.15) is 24.9 Å². The molecule has 0 heterocycles. The molecular weight excluding hydrogens is 423 g/mol. The van der Waals surface area contributed by atoms with Gasteiger partial charge < -0.3 is 5.32 Å². The third kappa shape index (κ3) is 6.20. The van der Waals surface area contributed by atoms with Gasteiger partial charge in [0.1, 0.15) is 16.8 Å². The van der Waals surface area contributed by atoms with E-state index in [1.165, 1.54) is 23.9 Å². The predicted octanol–water partition coefficient (Wildman–Crippen LogP) is 3.76. The van der Waals surface area contributed by atoms with Gasteiger partial charge in [-0.3, -0.25) is 4.79 Å². The maximum absolute atomic E-state index is 13.9. The number of carbonyl (C=O) groups is 1. The highest BCUT2D eigenvalue weighted by Crippen LogP contribution is 2.18. The summed E-state index contributed by atoms with van der Waals surface area (Å²) in [6, 6.07) is 10.7. The zero-order valence-electron chi connectivity index (χ0n) is 15.5. The Morgan fingerprint density at radius 3 is 2.43 bits per heavy atom. The van der Waals surface area contributed by atoms with Crippen LogP contribution < -0.4 is 10.0 Å². The van der Waals surface area contributed by atoms with Crippen LogP contribution >= 0.6 is 23.4 Å². The van der Waals surface area contributed by atoms with Crippen LogP contribution in [0.3, 0.4) is 0 Å². The Labute approximate surface area is 174 Å². The van der Waals surface area contributed by atoms with Gasteiger partial charge in [0.2, 0.25) is 15.9 Å². The zero-order valence-corrected chi connectivity index (χ0v) is 17.9. The fourth-order valence-electron chi connectivity index (χ4n) is 2.54. The maximum atomic E-state index is 13.9. The van der Waals surface area contributed by atoms with Gasteiger partial charge in [-0.15, -0.1) is 0 Å². The summed E-state index contributed by atoms with van der Waals surface area (Å²) in [5, 5.41) is 3.38. The summed E-state index contributed by atoms with van der Waals surface area (Å²) in [4.78, 5) is 12.2. The molecule has 0 aliphatic rings. The van der Waals surface area contributed by atoms with E-state index in [-0.39, 0.29) is 12.5 Å². The molecule has 2 atom stereocenters. The van der Waals surface area contributed by atoms with Crippen LogP contribution in [0.2, 0.25) is 5.02 Å². The number of amides is 1. The molecule has 0 aromatic heterocycles. The molecule has 9 heteroatoms. The molecule has 2 rings (SSSR count). The van der Waals surface area contributed by atoms with Crippen molar-refractivity contribution >= 4 is 39.3 Å². The highest BCUT2D eigenvalue weighted by Gasteiger charge is 2.28. The average molecular weight is 445 g/mol. The van der Waals surface area contributed by atoms with Gasteiger partial charge in [0, 0.05) is 5.02 Å². The lowest BCUT2D eigenvalue weighted by molar-refractivity contribution is -0.123. The van der Waals surface area contributed by atoms with Crippen molar-refractivity contribution in [2.24, 2.45) is 0 Å². The molecule has 0 spiro atoms. The molecule has 0 saturated carbocycles. The predicted molar refractivity (Wildman–Crippen MR) is 112 cm³/mol. The first-order valence-corrected chi connectivity index (χ1v) is 11.8. The Bertz CT molecular complexity index is 908. The van der Waals surface area contributed by atoms with Crippen LogP contribution in [-0.4, -0.2) is 32.4 Å². The van der Waals surface area contributed by atoms with Crippen molar-refractivity contribution < 1.29 is 17.6 Å². The molecule has 2 aromatic rings. The molecule has 152 valence electrons. The van der Waals surface area contributed by atoms with Crippen LogP contribution in [0.4, 0.5) is 4.39 Å². The molecule has 2 unspecified atom stereocenters. The zero-order chi connectivity index (χ0) is 20.7. The van der Waals surface area contributed by atoms with E-state index in [1.54, 1.807) is 31.2 Å². The van der Waals surface area contributed by atoms with Gasteiger partial charge in [-0.2, -0.15) is 16.5 Å². The fourth-order valence-corrected chi connectivity index (χ4v) is 4.45. The fraction of sp³-hybridized carbons (Fsp3) is 0.316. The van der Waals surface area contributed by atoms with E-state index in [0.29, 0.717) is 10.8 Å². The maximum Gasteiger partial charge on any atom is 0.244 e. The Hall–Kier alpha value is -1.61. The van der Waals surface area contributed by atoms with Gasteiger partial charge in [0.25, 0.3) is 0 Å². The van der Waals surface area contributed by atoms with Crippen LogP contribution in [0, 0.1) is 5.82 Å². The monoisotopic (exact) mass is 444 g/mol. The van der Waals surface area contributed by atoms with Gasteiger partial charge in [-0.25, -0.2) is 12.8 Å². The van der Waals surface area contributed by atoms with E-state index in [9.17, 15) is 17.6 Å². The summed E-state index contributed by atoms with van der Waals surface area (Å²) in [5.41, 5.74) is 0.832. The van der Waals surface area contributed by atoms with E-state index in [0.717, 1.165) is 17.7 Å². The van der Waals surface area contributed by atoms with Gasteiger partial charge in [-0.05, 0) is 55.2 Å². The summed E-state index contributed by atoms with van der Waals surface area (Å²) in [7, 11) is -4.18. The molecule has 2 N–H and O–H groups in total. The first kappa shape index (κ1) is 22.7. The first-order chi connectivity index (χ1) is 13.2. The number of rotatable bonds is 9. The quantitative estimate of drug-likeness (QED) is 0.617. The second-order valence-corrected chi connectivity index (χ2v) is 9.27. The summed E-state index contributed by atoms with van der Waals surface area (Å²) in [6.07, 6.45) is 2.13. The van der Waals surface area contributed by atoms with Crippen molar-refractivity contribution in [3.8, 4) is 0 Å². The van der Waals surface area contributed by atoms with E-state index < -0.39 is 32.7 Å². The van der Waals surface area contributed by atoms with E-state index in [4.69, 9.17) is 11.6 Å². The van der Waals surface area contributed by atoms with Crippen molar-refractivity contribution in [3.05, 3.63) is 64.9 Å². The van der Waals surface area contributed by atoms with Crippen molar-refractivity contribution in [3.63, 3.8) is 0 Å². The van der Waals surface area contributed by atoms with E-state index in [1.807, 2.05) is 6.26 Å². The van der Waals surface area contributed by atoms with Crippen LogP contribution in [-0.2, 0) is 14.8 Å². The number of hydrogen-bond donors (Lipinski definition) is 2. The highest BCUT2D eigenvalue weighted by atomic mass is 35.5. The molecule has 1 amide bonds. The Morgan fingerprint density at radius 2 is 1.82 bits per heavy atom. The molecule has 0 bridgehead atoms. The number of thioether (sulfide) groups is 1. The van der Waals surface area contributed by atoms with Gasteiger partial charge in [-0.1, -0.05) is 35.9 Å². The Morgan fingerprint density at radius 1 is 1.18 bits per heavy atom. The largest absolute Gasteiger partial charge is 0.348 e. The summed E-state index contributed by atoms with van der Waals surface area (Å²) in [5.74, 6) is -0.780. The van der Waals surface area contributed by atoms with Crippen molar-refractivity contribution in [2.45, 2.75) is 30.3 Å². The molecule has 5 nitrogen and oxygen atoms in total. The number of halogens is 2. The minimum Gasteiger partial charge on any atom is -0.348 e. The van der Waals surface area contributed by atoms with E-state index in [2.05, 4.69) is 10.0 Å². The minimum absolute atomic E-state index is 0.272. The second-order valence-electron chi connectivity index (χ2n) is 6.17. The molecule has 0 fully saturated rings. The number of carbonyl (C=O) groups excluding carboxylic acids is 1. The van der Waals surface area contributed by atoms with Crippen LogP contribution in [0.15, 0.2) is 53.4 Å². The highest BCUT2D eigenvalue weighted by molar-refractivity contribution is 7.98. The SMILES string of the molecule is CSCCC(NS(=O)(=O)c1ccccc1F)C(=O)NC(C)c1ccc(Cl)cc1. The van der Waals surface area contributed by atoms with Crippen LogP contribution in [0.5, 0.6) is 0 Å². The number of sulfonamides is 1. The smallest absolute Gasteiger partial charge is 0.244 e. The minimum atomic E-state index is -4.18. The van der Waals surface area contributed by atoms with Gasteiger partial charge in [0.05, 0.1) is 6.04 Å². The van der Waals surface area contributed by atoms with Gasteiger partial charge >= 0.3 is 0 Å². The lowest BCUT2D eigenvalue weighted by Crippen LogP contribution is -2.47. The number of nitrogens with one attached hydrogen (secondary N) is 2. The lowest BCUT2D eigenvalue weighted by Gasteiger charge is -2.21. The molecule has 0 saturated heterocycles. The Kier molecular flexibility index (Phi) is 8.30. The van der Waals surface area contributed by atoms with Crippen LogP contribution in [0.25, 0.3) is 0 Å². The average Bonchev–Trinajstić information content (AvgIpc) is 2.65. The molecule has 0 aliphatic carbocycles. The topological polar surface area (TPSA) is 75.3 Å². The second kappa shape index (κ2) is 10.2. The summed E-state index contributed by atoms with van der Waals surface area (Å²) < 4.78 is 41.4. The number of hydrogen-bond acceptors (Lipinski definition) is 4.